The second-order valence-corrected chi connectivity index (χ2v) is 3.75. The molecule has 0 spiro atoms. The Morgan fingerprint density at radius 2 is 2.06 bits per heavy atom. The van der Waals surface area contributed by atoms with Crippen LogP contribution in [0.5, 0.6) is 5.75 Å². The van der Waals surface area contributed by atoms with Gasteiger partial charge in [-0.3, -0.25) is 0 Å². The highest BCUT2D eigenvalue weighted by atomic mass is 35.5. The first-order valence-corrected chi connectivity index (χ1v) is 5.26. The van der Waals surface area contributed by atoms with Crippen molar-refractivity contribution in [2.45, 2.75) is 0 Å². The van der Waals surface area contributed by atoms with Gasteiger partial charge in [0, 0.05) is 5.02 Å². The average Bonchev–Trinajstić information content (AvgIpc) is 2.32. The molecular formula is C11H11ClN4O. The number of nitrogens with zero attached hydrogens (tertiary/aromatic N) is 2. The van der Waals surface area contributed by atoms with Gasteiger partial charge in [0.25, 0.3) is 0 Å². The Bertz CT molecular complexity index is 515. The van der Waals surface area contributed by atoms with E-state index in [2.05, 4.69) is 15.5 Å². The summed E-state index contributed by atoms with van der Waals surface area (Å²) in [6, 6.07) is 8.66. The minimum atomic E-state index is 0.369. The van der Waals surface area contributed by atoms with Gasteiger partial charge in [-0.15, -0.1) is 10.2 Å². The van der Waals surface area contributed by atoms with Gasteiger partial charge in [-0.1, -0.05) is 11.6 Å². The fraction of sp³-hybridized carbons (Fsp3) is 0.0909. The fourth-order valence-electron chi connectivity index (χ4n) is 1.33. The van der Waals surface area contributed by atoms with Gasteiger partial charge in [0.05, 0.1) is 12.8 Å². The van der Waals surface area contributed by atoms with Crippen molar-refractivity contribution in [1.82, 2.24) is 10.2 Å². The van der Waals surface area contributed by atoms with Crippen LogP contribution in [0.4, 0.5) is 17.3 Å². The quantitative estimate of drug-likeness (QED) is 0.875. The third-order valence-corrected chi connectivity index (χ3v) is 2.34. The summed E-state index contributed by atoms with van der Waals surface area (Å²) in [6.45, 7) is 0. The molecule has 2 aromatic rings. The van der Waals surface area contributed by atoms with Gasteiger partial charge in [0.2, 0.25) is 0 Å². The van der Waals surface area contributed by atoms with E-state index in [4.69, 9.17) is 22.1 Å². The predicted octanol–water partition coefficient (Wildman–Crippen LogP) is 2.46. The third-order valence-electron chi connectivity index (χ3n) is 2.11. The van der Waals surface area contributed by atoms with E-state index in [1.807, 2.05) is 0 Å². The van der Waals surface area contributed by atoms with Gasteiger partial charge >= 0.3 is 0 Å². The van der Waals surface area contributed by atoms with Gasteiger partial charge < -0.3 is 15.8 Å². The molecule has 0 aliphatic heterocycles. The maximum absolute atomic E-state index is 5.91. The van der Waals surface area contributed by atoms with Crippen LogP contribution in [0.1, 0.15) is 0 Å². The number of nitrogen functional groups attached to an aromatic ring is 1. The van der Waals surface area contributed by atoms with Crippen LogP contribution < -0.4 is 15.8 Å². The maximum Gasteiger partial charge on any atom is 0.153 e. The molecule has 3 N–H and O–H groups in total. The number of aromatic nitrogens is 2. The van der Waals surface area contributed by atoms with Crippen LogP contribution in [-0.2, 0) is 0 Å². The lowest BCUT2D eigenvalue weighted by Gasteiger charge is -2.10. The van der Waals surface area contributed by atoms with E-state index in [-0.39, 0.29) is 0 Å². The number of nitrogens with two attached hydrogens (primary N) is 1. The zero-order chi connectivity index (χ0) is 12.3. The first-order chi connectivity index (χ1) is 8.19. The van der Waals surface area contributed by atoms with Crippen LogP contribution in [-0.4, -0.2) is 17.3 Å². The van der Waals surface area contributed by atoms with Gasteiger partial charge in [-0.2, -0.15) is 0 Å². The first-order valence-electron chi connectivity index (χ1n) is 4.89. The summed E-state index contributed by atoms with van der Waals surface area (Å²) in [5.74, 6) is 1.61. The van der Waals surface area contributed by atoms with Gasteiger partial charge in [0.15, 0.2) is 5.82 Å². The van der Waals surface area contributed by atoms with Crippen molar-refractivity contribution in [3.8, 4) is 5.75 Å². The lowest BCUT2D eigenvalue weighted by molar-refractivity contribution is 0.417. The van der Waals surface area contributed by atoms with E-state index in [9.17, 15) is 0 Å². The Labute approximate surface area is 104 Å². The molecule has 0 aliphatic rings. The molecule has 0 saturated heterocycles. The van der Waals surface area contributed by atoms with E-state index in [0.29, 0.717) is 22.4 Å². The Kier molecular flexibility index (Phi) is 3.30. The Morgan fingerprint density at radius 3 is 2.71 bits per heavy atom. The lowest BCUT2D eigenvalue weighted by Crippen LogP contribution is -1.99. The standard InChI is InChI=1S/C11H11ClN4O/c1-17-9-3-2-7(12)6-8(9)14-11-5-4-10(13)15-16-11/h2-6H,1H3,(H2,13,15)(H,14,16). The van der Waals surface area contributed by atoms with Crippen molar-refractivity contribution in [3.05, 3.63) is 35.4 Å². The van der Waals surface area contributed by atoms with Crippen molar-refractivity contribution >= 4 is 28.9 Å². The number of anilines is 3. The van der Waals surface area contributed by atoms with Crippen molar-refractivity contribution < 1.29 is 4.74 Å². The molecule has 0 aliphatic carbocycles. The Balaban J connectivity index is 2.28. The number of methoxy groups -OCH3 is 1. The molecule has 0 amide bonds. The molecule has 0 unspecified atom stereocenters. The first kappa shape index (κ1) is 11.5. The van der Waals surface area contributed by atoms with Crippen LogP contribution in [0.15, 0.2) is 30.3 Å². The van der Waals surface area contributed by atoms with Crippen LogP contribution in [0.2, 0.25) is 5.02 Å². The van der Waals surface area contributed by atoms with E-state index >= 15 is 0 Å². The van der Waals surface area contributed by atoms with Crippen molar-refractivity contribution in [3.63, 3.8) is 0 Å². The van der Waals surface area contributed by atoms with Crippen LogP contribution >= 0.6 is 11.6 Å². The molecular weight excluding hydrogens is 240 g/mol. The minimum absolute atomic E-state index is 0.369. The smallest absolute Gasteiger partial charge is 0.153 e. The maximum atomic E-state index is 5.91. The molecule has 0 saturated carbocycles. The van der Waals surface area contributed by atoms with Gasteiger partial charge in [0.1, 0.15) is 11.6 Å². The summed E-state index contributed by atoms with van der Waals surface area (Å²) < 4.78 is 5.20. The second-order valence-electron chi connectivity index (χ2n) is 3.31. The average molecular weight is 251 g/mol. The van der Waals surface area contributed by atoms with Crippen molar-refractivity contribution in [2.24, 2.45) is 0 Å². The predicted molar refractivity (Wildman–Crippen MR) is 67.7 cm³/mol. The molecule has 0 bridgehead atoms. The molecule has 2 rings (SSSR count). The molecule has 17 heavy (non-hydrogen) atoms. The SMILES string of the molecule is COc1ccc(Cl)cc1Nc1ccc(N)nn1. The molecule has 0 atom stereocenters. The Hall–Kier alpha value is -2.01. The number of halogens is 1. The van der Waals surface area contributed by atoms with E-state index in [0.717, 1.165) is 5.69 Å². The molecule has 0 fully saturated rings. The van der Waals surface area contributed by atoms with Crippen molar-refractivity contribution in [2.75, 3.05) is 18.2 Å². The molecule has 0 radical (unpaired) electrons. The van der Waals surface area contributed by atoms with E-state index in [1.54, 1.807) is 37.4 Å². The summed E-state index contributed by atoms with van der Waals surface area (Å²) in [5.41, 5.74) is 6.17. The summed E-state index contributed by atoms with van der Waals surface area (Å²) in [7, 11) is 1.59. The van der Waals surface area contributed by atoms with E-state index < -0.39 is 0 Å². The number of benzene rings is 1. The van der Waals surface area contributed by atoms with Crippen LogP contribution in [0.3, 0.4) is 0 Å². The van der Waals surface area contributed by atoms with Crippen molar-refractivity contribution in [1.29, 1.82) is 0 Å². The van der Waals surface area contributed by atoms with Gasteiger partial charge in [-0.25, -0.2) is 0 Å². The summed E-state index contributed by atoms with van der Waals surface area (Å²) in [6.07, 6.45) is 0. The lowest BCUT2D eigenvalue weighted by atomic mass is 10.3. The number of nitrogens with one attached hydrogen (secondary N) is 1. The topological polar surface area (TPSA) is 73.1 Å². The fourth-order valence-corrected chi connectivity index (χ4v) is 1.50. The van der Waals surface area contributed by atoms with Crippen LogP contribution in [0.25, 0.3) is 0 Å². The second kappa shape index (κ2) is 4.88. The molecule has 1 aromatic carbocycles. The molecule has 1 aromatic heterocycles. The molecule has 88 valence electrons. The summed E-state index contributed by atoms with van der Waals surface area (Å²) in [4.78, 5) is 0. The highest BCUT2D eigenvalue weighted by molar-refractivity contribution is 6.31. The highest BCUT2D eigenvalue weighted by Crippen LogP contribution is 2.29. The molecule has 6 heteroatoms. The third kappa shape index (κ3) is 2.76. The zero-order valence-electron chi connectivity index (χ0n) is 9.14. The molecule has 5 nitrogen and oxygen atoms in total. The normalized spacial score (nSPS) is 10.0. The summed E-state index contributed by atoms with van der Waals surface area (Å²) >= 11 is 5.91. The number of hydrogen-bond donors (Lipinski definition) is 2. The highest BCUT2D eigenvalue weighted by Gasteiger charge is 2.05. The number of hydrogen-bond acceptors (Lipinski definition) is 5. The van der Waals surface area contributed by atoms with E-state index in [1.165, 1.54) is 0 Å². The number of rotatable bonds is 3. The largest absolute Gasteiger partial charge is 0.495 e. The van der Waals surface area contributed by atoms with Gasteiger partial charge in [-0.05, 0) is 30.3 Å². The molecule has 1 heterocycles. The minimum Gasteiger partial charge on any atom is -0.495 e. The monoisotopic (exact) mass is 250 g/mol. The Morgan fingerprint density at radius 1 is 1.24 bits per heavy atom. The zero-order valence-corrected chi connectivity index (χ0v) is 9.90. The number of ether oxygens (including phenoxy) is 1. The summed E-state index contributed by atoms with van der Waals surface area (Å²) in [5, 5.41) is 11.3. The van der Waals surface area contributed by atoms with Crippen LogP contribution in [0, 0.1) is 0 Å².